The average molecular weight is 871 g/mol. The maximum Gasteiger partial charge on any atom is 0.0365 e. The highest BCUT2D eigenvalue weighted by Crippen LogP contribution is 2.67. The van der Waals surface area contributed by atoms with Gasteiger partial charge < -0.3 is 0 Å². The third-order valence-corrected chi connectivity index (χ3v) is 16.4. The van der Waals surface area contributed by atoms with Crippen LogP contribution in [0.25, 0.3) is 98.0 Å². The molecule has 13 aromatic carbocycles. The Kier molecular flexibility index (Phi) is 7.60. The third-order valence-electron chi connectivity index (χ3n) is 16.4. The van der Waals surface area contributed by atoms with Gasteiger partial charge in [0.2, 0.25) is 0 Å². The summed E-state index contributed by atoms with van der Waals surface area (Å²) in [6.07, 6.45) is 0. The minimum atomic E-state index is -0.0115. The van der Waals surface area contributed by atoms with E-state index in [9.17, 15) is 0 Å². The van der Waals surface area contributed by atoms with Crippen LogP contribution in [-0.2, 0) is 0 Å². The van der Waals surface area contributed by atoms with Crippen LogP contribution in [0.5, 0.6) is 0 Å². The molecule has 16 rings (SSSR count). The monoisotopic (exact) mass is 870 g/mol. The van der Waals surface area contributed by atoms with Crippen LogP contribution in [0.3, 0.4) is 0 Å². The van der Waals surface area contributed by atoms with Gasteiger partial charge in [0.05, 0.1) is 0 Å². The number of benzene rings is 13. The molecule has 0 amide bonds. The lowest BCUT2D eigenvalue weighted by molar-refractivity contribution is 0.992. The van der Waals surface area contributed by atoms with E-state index in [1.165, 1.54) is 148 Å². The van der Waals surface area contributed by atoms with E-state index in [-0.39, 0.29) is 17.8 Å². The predicted molar refractivity (Wildman–Crippen MR) is 290 cm³/mol. The largest absolute Gasteiger partial charge is 0.0619 e. The summed E-state index contributed by atoms with van der Waals surface area (Å²) in [7, 11) is 0. The second-order valence-corrected chi connectivity index (χ2v) is 19.6. The molecular weight excluding hydrogens is 829 g/mol. The molecule has 0 aromatic heterocycles. The van der Waals surface area contributed by atoms with Crippen molar-refractivity contribution >= 4 is 64.6 Å². The standard InChI is InChI=1S/C69H42/c1-4-22-43-40(19-1)37-58(49-28-10-7-25-46(43)49)61-52-31-13-16-34-55(52)64-67(61)65-56-35-17-14-32-53(56)62(59-38-41-20-2-5-23-44(41)47-26-8-11-29-50(47)59)69(65)66-57-36-18-15-33-54(57)63(68(64)66)60-39-42-21-3-6-24-45(42)48-27-9-12-30-51(48)60/h1-39,61-63H/t61-,62-,63+/m0/s1. The first-order valence-electron chi connectivity index (χ1n) is 24.5. The van der Waals surface area contributed by atoms with Gasteiger partial charge in [0.25, 0.3) is 0 Å². The highest BCUT2D eigenvalue weighted by Gasteiger charge is 2.48. The quantitative estimate of drug-likeness (QED) is 0.155. The molecular formula is C69H42. The third kappa shape index (κ3) is 4.98. The van der Waals surface area contributed by atoms with Gasteiger partial charge >= 0.3 is 0 Å². The first-order chi connectivity index (χ1) is 34.3. The van der Waals surface area contributed by atoms with Crippen LogP contribution in [-0.4, -0.2) is 0 Å². The molecule has 0 nitrogen and oxygen atoms in total. The Bertz CT molecular complexity index is 3920. The van der Waals surface area contributed by atoms with Crippen LogP contribution in [0.4, 0.5) is 0 Å². The zero-order chi connectivity index (χ0) is 44.9. The molecule has 318 valence electrons. The molecule has 0 bridgehead atoms. The summed E-state index contributed by atoms with van der Waals surface area (Å²) in [6.45, 7) is 0. The topological polar surface area (TPSA) is 0 Å². The Balaban J connectivity index is 1.13. The van der Waals surface area contributed by atoms with Gasteiger partial charge in [0, 0.05) is 17.8 Å². The lowest BCUT2D eigenvalue weighted by Gasteiger charge is -2.27. The van der Waals surface area contributed by atoms with E-state index in [1.54, 1.807) is 0 Å². The molecule has 0 saturated heterocycles. The summed E-state index contributed by atoms with van der Waals surface area (Å²) in [5.41, 5.74) is 21.0. The molecule has 0 unspecified atom stereocenters. The SMILES string of the molecule is c1ccc2c(c1)-c1c3c(c4c(c1[C@@H]2c1cc2ccccc2c2ccccc12)-c1ccccc1[C@@H]4c1cc2ccccc2c2ccccc12)-c1ccccc1[C@H]3c1cc2ccccc2c2ccccc12. The molecule has 3 atom stereocenters. The van der Waals surface area contributed by atoms with Gasteiger partial charge in [-0.05, 0) is 166 Å². The maximum atomic E-state index is 2.53. The lowest BCUT2D eigenvalue weighted by Crippen LogP contribution is -2.09. The summed E-state index contributed by atoms with van der Waals surface area (Å²) in [5, 5.41) is 15.6. The van der Waals surface area contributed by atoms with E-state index in [0.717, 1.165) is 0 Å². The molecule has 69 heavy (non-hydrogen) atoms. The van der Waals surface area contributed by atoms with E-state index >= 15 is 0 Å². The first kappa shape index (κ1) is 37.5. The second kappa shape index (κ2) is 14.0. The zero-order valence-corrected chi connectivity index (χ0v) is 37.7. The fourth-order valence-electron chi connectivity index (χ4n) is 13.9. The Labute approximate surface area is 400 Å². The second-order valence-electron chi connectivity index (χ2n) is 19.6. The van der Waals surface area contributed by atoms with Gasteiger partial charge in [-0.25, -0.2) is 0 Å². The molecule has 0 spiro atoms. The molecule has 0 heterocycles. The van der Waals surface area contributed by atoms with E-state index in [1.807, 2.05) is 0 Å². The molecule has 0 radical (unpaired) electrons. The molecule has 0 N–H and O–H groups in total. The minimum absolute atomic E-state index is 0.0115. The van der Waals surface area contributed by atoms with Crippen molar-refractivity contribution in [1.29, 1.82) is 0 Å². The van der Waals surface area contributed by atoms with E-state index in [4.69, 9.17) is 0 Å². The molecule has 0 saturated carbocycles. The van der Waals surface area contributed by atoms with E-state index in [0.29, 0.717) is 0 Å². The minimum Gasteiger partial charge on any atom is -0.0619 e. The summed E-state index contributed by atoms with van der Waals surface area (Å²) >= 11 is 0. The Hall–Kier alpha value is -8.58. The first-order valence-corrected chi connectivity index (χ1v) is 24.5. The van der Waals surface area contributed by atoms with E-state index in [2.05, 4.69) is 237 Å². The van der Waals surface area contributed by atoms with E-state index < -0.39 is 0 Å². The molecule has 0 heteroatoms. The van der Waals surface area contributed by atoms with Crippen molar-refractivity contribution in [2.24, 2.45) is 0 Å². The Morgan fingerprint density at radius 2 is 0.420 bits per heavy atom. The highest BCUT2D eigenvalue weighted by molar-refractivity contribution is 6.15. The Morgan fingerprint density at radius 3 is 0.725 bits per heavy atom. The van der Waals surface area contributed by atoms with Gasteiger partial charge in [-0.1, -0.05) is 218 Å². The fraction of sp³-hybridized carbons (Fsp3) is 0.0435. The molecule has 3 aliphatic rings. The van der Waals surface area contributed by atoms with Crippen molar-refractivity contribution in [3.8, 4) is 33.4 Å². The summed E-state index contributed by atoms with van der Waals surface area (Å²) in [6, 6.07) is 90.4. The fourth-order valence-corrected chi connectivity index (χ4v) is 13.9. The van der Waals surface area contributed by atoms with Crippen LogP contribution in [0, 0.1) is 0 Å². The van der Waals surface area contributed by atoms with Crippen LogP contribution < -0.4 is 0 Å². The van der Waals surface area contributed by atoms with Crippen molar-refractivity contribution < 1.29 is 0 Å². The summed E-state index contributed by atoms with van der Waals surface area (Å²) in [4.78, 5) is 0. The number of rotatable bonds is 3. The van der Waals surface area contributed by atoms with Crippen LogP contribution >= 0.6 is 0 Å². The average Bonchev–Trinajstić information content (AvgIpc) is 4.06. The smallest absolute Gasteiger partial charge is 0.0365 e. The van der Waals surface area contributed by atoms with Crippen molar-refractivity contribution in [2.75, 3.05) is 0 Å². The van der Waals surface area contributed by atoms with Crippen molar-refractivity contribution in [2.45, 2.75) is 17.8 Å². The molecule has 0 fully saturated rings. The van der Waals surface area contributed by atoms with Crippen LogP contribution in [0.1, 0.15) is 67.8 Å². The maximum absolute atomic E-state index is 2.53. The van der Waals surface area contributed by atoms with Crippen molar-refractivity contribution in [1.82, 2.24) is 0 Å². The number of fused-ring (bicyclic) bond motifs is 21. The van der Waals surface area contributed by atoms with Gasteiger partial charge in [0.1, 0.15) is 0 Å². The van der Waals surface area contributed by atoms with Gasteiger partial charge in [-0.2, -0.15) is 0 Å². The molecule has 0 aliphatic heterocycles. The Morgan fingerprint density at radius 1 is 0.188 bits per heavy atom. The predicted octanol–water partition coefficient (Wildman–Crippen LogP) is 18.1. The van der Waals surface area contributed by atoms with Crippen molar-refractivity contribution in [3.05, 3.63) is 287 Å². The van der Waals surface area contributed by atoms with Crippen LogP contribution in [0.2, 0.25) is 0 Å². The zero-order valence-electron chi connectivity index (χ0n) is 37.7. The summed E-state index contributed by atoms with van der Waals surface area (Å²) < 4.78 is 0. The van der Waals surface area contributed by atoms with Crippen LogP contribution in [0.15, 0.2) is 237 Å². The highest BCUT2D eigenvalue weighted by atomic mass is 14.5. The van der Waals surface area contributed by atoms with Gasteiger partial charge in [-0.15, -0.1) is 0 Å². The number of hydrogen-bond acceptors (Lipinski definition) is 0. The van der Waals surface area contributed by atoms with Gasteiger partial charge in [0.15, 0.2) is 0 Å². The lowest BCUT2D eigenvalue weighted by atomic mass is 9.75. The van der Waals surface area contributed by atoms with Gasteiger partial charge in [-0.3, -0.25) is 0 Å². The van der Waals surface area contributed by atoms with Crippen molar-refractivity contribution in [3.63, 3.8) is 0 Å². The number of hydrogen-bond donors (Lipinski definition) is 0. The molecule has 3 aliphatic carbocycles. The summed E-state index contributed by atoms with van der Waals surface area (Å²) in [5.74, 6) is -0.0344. The molecule has 13 aromatic rings. The normalized spacial score (nSPS) is 16.3.